The molecule has 112 valence electrons. The van der Waals surface area contributed by atoms with Gasteiger partial charge in [0.05, 0.1) is 0 Å². The van der Waals surface area contributed by atoms with E-state index in [0.717, 1.165) is 17.5 Å². The van der Waals surface area contributed by atoms with Gasteiger partial charge in [0.2, 0.25) is 0 Å². The quantitative estimate of drug-likeness (QED) is 0.845. The van der Waals surface area contributed by atoms with E-state index < -0.39 is 18.2 Å². The molecule has 0 unspecified atom stereocenters. The van der Waals surface area contributed by atoms with Gasteiger partial charge in [-0.2, -0.15) is 0 Å². The van der Waals surface area contributed by atoms with Crippen molar-refractivity contribution in [1.29, 1.82) is 0 Å². The number of benzene rings is 1. The third-order valence-electron chi connectivity index (χ3n) is 4.08. The maximum absolute atomic E-state index is 12.4. The van der Waals surface area contributed by atoms with Crippen LogP contribution in [-0.4, -0.2) is 45.7 Å². The predicted molar refractivity (Wildman–Crippen MR) is 72.8 cm³/mol. The van der Waals surface area contributed by atoms with Crippen molar-refractivity contribution in [3.63, 3.8) is 0 Å². The van der Waals surface area contributed by atoms with Crippen LogP contribution in [0.1, 0.15) is 24.0 Å². The third-order valence-corrected chi connectivity index (χ3v) is 4.08. The molecule has 1 fully saturated rings. The molecule has 2 atom stereocenters. The van der Waals surface area contributed by atoms with Gasteiger partial charge in [-0.3, -0.25) is 4.79 Å². The van der Waals surface area contributed by atoms with Gasteiger partial charge in [-0.05, 0) is 42.5 Å². The molecule has 1 saturated heterocycles. The topological polar surface area (TPSA) is 87.1 Å². The van der Waals surface area contributed by atoms with Crippen molar-refractivity contribution in [1.82, 2.24) is 4.90 Å². The minimum atomic E-state index is -1.01. The molecule has 6 heteroatoms. The molecule has 0 spiro atoms. The van der Waals surface area contributed by atoms with Crippen molar-refractivity contribution in [3.8, 4) is 5.75 Å². The zero-order valence-electron chi connectivity index (χ0n) is 11.5. The number of aromatic hydroxyl groups is 1. The number of rotatable bonds is 2. The van der Waals surface area contributed by atoms with Crippen LogP contribution < -0.4 is 0 Å². The smallest absolute Gasteiger partial charge is 0.332 e. The number of amides is 1. The summed E-state index contributed by atoms with van der Waals surface area (Å²) in [4.78, 5) is 25.0. The highest BCUT2D eigenvalue weighted by Gasteiger charge is 2.37. The number of fused-ring (bicyclic) bond motifs is 1. The van der Waals surface area contributed by atoms with E-state index in [-0.39, 0.29) is 11.7 Å². The summed E-state index contributed by atoms with van der Waals surface area (Å²) < 4.78 is 5.31. The first-order valence-electron chi connectivity index (χ1n) is 7.02. The number of ether oxygens (including phenoxy) is 1. The molecule has 2 aliphatic rings. The Balaban J connectivity index is 1.69. The molecule has 21 heavy (non-hydrogen) atoms. The van der Waals surface area contributed by atoms with Crippen LogP contribution in [-0.2, 0) is 27.3 Å². The van der Waals surface area contributed by atoms with E-state index >= 15 is 0 Å². The number of carbonyl (C=O) groups excluding carboxylic acids is 1. The van der Waals surface area contributed by atoms with Gasteiger partial charge in [0, 0.05) is 13.1 Å². The number of hydrogen-bond acceptors (Lipinski definition) is 4. The number of phenols is 1. The second kappa shape index (κ2) is 5.37. The molecule has 2 N–H and O–H groups in total. The van der Waals surface area contributed by atoms with Gasteiger partial charge in [-0.25, -0.2) is 4.79 Å². The molecular weight excluding hydrogens is 274 g/mol. The summed E-state index contributed by atoms with van der Waals surface area (Å²) in [5.41, 5.74) is 2.06. The lowest BCUT2D eigenvalue weighted by molar-refractivity contribution is -0.155. The fourth-order valence-corrected chi connectivity index (χ4v) is 2.94. The lowest BCUT2D eigenvalue weighted by Gasteiger charge is -2.30. The lowest BCUT2D eigenvalue weighted by Crippen LogP contribution is -2.42. The number of nitrogens with zero attached hydrogens (tertiary/aromatic N) is 1. The van der Waals surface area contributed by atoms with E-state index in [1.54, 1.807) is 17.0 Å². The molecule has 0 aromatic heterocycles. The van der Waals surface area contributed by atoms with Gasteiger partial charge in [0.1, 0.15) is 11.9 Å². The summed E-state index contributed by atoms with van der Waals surface area (Å²) in [5, 5.41) is 18.4. The fourth-order valence-electron chi connectivity index (χ4n) is 2.94. The first kappa shape index (κ1) is 13.9. The first-order valence-corrected chi connectivity index (χ1v) is 7.02. The van der Waals surface area contributed by atoms with Gasteiger partial charge >= 0.3 is 5.97 Å². The molecule has 0 saturated carbocycles. The largest absolute Gasteiger partial charge is 0.508 e. The Labute approximate surface area is 121 Å². The number of hydrogen-bond donors (Lipinski definition) is 2. The number of carboxylic acid groups (broad SMARTS) is 1. The number of aliphatic carboxylic acids is 1. The van der Waals surface area contributed by atoms with Crippen LogP contribution in [0.4, 0.5) is 0 Å². The molecular formula is C15H17NO5. The molecule has 1 aromatic rings. The molecule has 1 amide bonds. The second-order valence-corrected chi connectivity index (χ2v) is 5.49. The van der Waals surface area contributed by atoms with Crippen LogP contribution in [0.3, 0.4) is 0 Å². The standard InChI is InChI=1S/C15H17NO5/c17-11-2-1-9-5-6-16(8-10(9)7-11)14(18)12-3-4-13(21-12)15(19)20/h1-2,7,12-13,17H,3-6,8H2,(H,19,20)/t12-,13+/m0/s1. The van der Waals surface area contributed by atoms with E-state index in [1.165, 1.54) is 0 Å². The van der Waals surface area contributed by atoms with Crippen molar-refractivity contribution in [3.05, 3.63) is 29.3 Å². The highest BCUT2D eigenvalue weighted by Crippen LogP contribution is 2.26. The SMILES string of the molecule is O=C(O)[C@H]1CC[C@@H](C(=O)N2CCc3ccc(O)cc3C2)O1. The van der Waals surface area contributed by atoms with E-state index in [0.29, 0.717) is 25.9 Å². The predicted octanol–water partition coefficient (Wildman–Crippen LogP) is 0.909. The molecule has 1 aromatic carbocycles. The Hall–Kier alpha value is -2.08. The van der Waals surface area contributed by atoms with Crippen molar-refractivity contribution in [2.24, 2.45) is 0 Å². The van der Waals surface area contributed by atoms with Gasteiger partial charge in [0.25, 0.3) is 5.91 Å². The van der Waals surface area contributed by atoms with Crippen LogP contribution in [0, 0.1) is 0 Å². The summed E-state index contributed by atoms with van der Waals surface area (Å²) in [6.07, 6.45) is 0.0112. The Bertz CT molecular complexity index is 585. The monoisotopic (exact) mass is 291 g/mol. The maximum Gasteiger partial charge on any atom is 0.332 e. The van der Waals surface area contributed by atoms with Crippen LogP contribution >= 0.6 is 0 Å². The van der Waals surface area contributed by atoms with E-state index in [2.05, 4.69) is 0 Å². The molecule has 2 heterocycles. The lowest BCUT2D eigenvalue weighted by atomic mass is 9.99. The van der Waals surface area contributed by atoms with E-state index in [9.17, 15) is 14.7 Å². The zero-order valence-corrected chi connectivity index (χ0v) is 11.5. The maximum atomic E-state index is 12.4. The average molecular weight is 291 g/mol. The number of carbonyl (C=O) groups is 2. The molecule has 0 bridgehead atoms. The van der Waals surface area contributed by atoms with Gasteiger partial charge in [-0.1, -0.05) is 6.07 Å². The summed E-state index contributed by atoms with van der Waals surface area (Å²) in [6.45, 7) is 1.02. The van der Waals surface area contributed by atoms with Gasteiger partial charge in [0.15, 0.2) is 6.10 Å². The van der Waals surface area contributed by atoms with Crippen LogP contribution in [0.5, 0.6) is 5.75 Å². The van der Waals surface area contributed by atoms with Crippen LogP contribution in [0.2, 0.25) is 0 Å². The average Bonchev–Trinajstić information content (AvgIpc) is 2.95. The van der Waals surface area contributed by atoms with Gasteiger partial charge in [-0.15, -0.1) is 0 Å². The summed E-state index contributed by atoms with van der Waals surface area (Å²) in [5.74, 6) is -0.988. The summed E-state index contributed by atoms with van der Waals surface area (Å²) >= 11 is 0. The highest BCUT2D eigenvalue weighted by atomic mass is 16.5. The Kier molecular flexibility index (Phi) is 3.55. The Morgan fingerprint density at radius 2 is 1.95 bits per heavy atom. The van der Waals surface area contributed by atoms with Crippen LogP contribution in [0.15, 0.2) is 18.2 Å². The molecule has 2 aliphatic heterocycles. The Morgan fingerprint density at radius 1 is 1.19 bits per heavy atom. The minimum absolute atomic E-state index is 0.159. The van der Waals surface area contributed by atoms with Crippen molar-refractivity contribution < 1.29 is 24.5 Å². The minimum Gasteiger partial charge on any atom is -0.508 e. The van der Waals surface area contributed by atoms with Crippen molar-refractivity contribution in [2.75, 3.05) is 6.54 Å². The van der Waals surface area contributed by atoms with Gasteiger partial charge < -0.3 is 19.8 Å². The van der Waals surface area contributed by atoms with E-state index in [4.69, 9.17) is 9.84 Å². The summed E-state index contributed by atoms with van der Waals surface area (Å²) in [6, 6.07) is 5.19. The number of phenolic OH excluding ortho intramolecular Hbond substituents is 1. The zero-order chi connectivity index (χ0) is 15.0. The van der Waals surface area contributed by atoms with Crippen LogP contribution in [0.25, 0.3) is 0 Å². The van der Waals surface area contributed by atoms with E-state index in [1.807, 2.05) is 6.07 Å². The third kappa shape index (κ3) is 2.71. The Morgan fingerprint density at radius 3 is 2.67 bits per heavy atom. The highest BCUT2D eigenvalue weighted by molar-refractivity contribution is 5.83. The first-order chi connectivity index (χ1) is 10.0. The van der Waals surface area contributed by atoms with Crippen molar-refractivity contribution >= 4 is 11.9 Å². The molecule has 0 radical (unpaired) electrons. The fraction of sp³-hybridized carbons (Fsp3) is 0.467. The normalized spacial score (nSPS) is 24.7. The van der Waals surface area contributed by atoms with Crippen molar-refractivity contribution in [2.45, 2.75) is 38.0 Å². The summed E-state index contributed by atoms with van der Waals surface area (Å²) in [7, 11) is 0. The molecule has 6 nitrogen and oxygen atoms in total. The number of carboxylic acids is 1. The second-order valence-electron chi connectivity index (χ2n) is 5.49. The molecule has 3 rings (SSSR count). The molecule has 0 aliphatic carbocycles.